The normalized spacial score (nSPS) is 17.9. The number of ether oxygens (including phenoxy) is 4. The molecule has 0 spiro atoms. The number of methoxy groups -OCH3 is 2. The molecule has 1 heterocycles. The minimum atomic E-state index is -0.664. The van der Waals surface area contributed by atoms with Crippen LogP contribution >= 0.6 is 0 Å². The molecule has 8 heteroatoms. The van der Waals surface area contributed by atoms with Gasteiger partial charge in [0.2, 0.25) is 5.91 Å². The van der Waals surface area contributed by atoms with Crippen molar-refractivity contribution in [3.63, 3.8) is 0 Å². The van der Waals surface area contributed by atoms with Gasteiger partial charge in [0.1, 0.15) is 23.6 Å². The Morgan fingerprint density at radius 3 is 2.14 bits per heavy atom. The van der Waals surface area contributed by atoms with Crippen LogP contribution in [0.5, 0.6) is 11.5 Å². The van der Waals surface area contributed by atoms with Gasteiger partial charge in [-0.1, -0.05) is 12.1 Å². The first kappa shape index (κ1) is 25.0. The molecule has 1 amide bonds. The topological polar surface area (TPSA) is 86.3 Å². The van der Waals surface area contributed by atoms with Crippen LogP contribution in [0.2, 0.25) is 0 Å². The van der Waals surface area contributed by atoms with Gasteiger partial charge in [0.15, 0.2) is 0 Å². The quantitative estimate of drug-likeness (QED) is 0.521. The lowest BCUT2D eigenvalue weighted by atomic mass is 9.86. The Morgan fingerprint density at radius 2 is 1.57 bits per heavy atom. The highest BCUT2D eigenvalue weighted by Crippen LogP contribution is 2.46. The van der Waals surface area contributed by atoms with E-state index in [1.807, 2.05) is 43.4 Å². The monoisotopic (exact) mass is 482 g/mol. The fraction of sp³-hybridized carbons (Fsp3) is 0.481. The molecule has 0 radical (unpaired) electrons. The van der Waals surface area contributed by atoms with Crippen LogP contribution in [0.3, 0.4) is 0 Å². The maximum atomic E-state index is 13.8. The number of hydrogen-bond acceptors (Lipinski definition) is 7. The smallest absolute Gasteiger partial charge is 0.337 e. The van der Waals surface area contributed by atoms with Crippen LogP contribution in [0.25, 0.3) is 0 Å². The third-order valence-electron chi connectivity index (χ3n) is 7.19. The van der Waals surface area contributed by atoms with E-state index < -0.39 is 11.1 Å². The van der Waals surface area contributed by atoms with E-state index in [1.54, 1.807) is 19.2 Å². The van der Waals surface area contributed by atoms with Gasteiger partial charge >= 0.3 is 5.97 Å². The van der Waals surface area contributed by atoms with Crippen LogP contribution < -0.4 is 14.8 Å². The Labute approximate surface area is 206 Å². The highest BCUT2D eigenvalue weighted by Gasteiger charge is 2.51. The van der Waals surface area contributed by atoms with Gasteiger partial charge in [-0.3, -0.25) is 9.69 Å². The lowest BCUT2D eigenvalue weighted by Gasteiger charge is -2.43. The number of benzene rings is 2. The molecule has 35 heavy (non-hydrogen) atoms. The Bertz CT molecular complexity index is 1010. The summed E-state index contributed by atoms with van der Waals surface area (Å²) in [5.41, 5.74) is 0.447. The first-order chi connectivity index (χ1) is 16.9. The number of nitrogens with zero attached hydrogens (tertiary/aromatic N) is 1. The van der Waals surface area contributed by atoms with Crippen molar-refractivity contribution >= 4 is 11.9 Å². The Morgan fingerprint density at radius 1 is 0.943 bits per heavy atom. The van der Waals surface area contributed by atoms with Gasteiger partial charge < -0.3 is 24.3 Å². The summed E-state index contributed by atoms with van der Waals surface area (Å²) in [6, 6.07) is 14.8. The molecule has 2 aliphatic rings. The van der Waals surface area contributed by atoms with Crippen LogP contribution in [0.4, 0.5) is 0 Å². The summed E-state index contributed by atoms with van der Waals surface area (Å²) in [7, 11) is 4.98. The van der Waals surface area contributed by atoms with Gasteiger partial charge in [0.05, 0.1) is 25.3 Å². The molecule has 0 unspecified atom stereocenters. The fourth-order valence-corrected chi connectivity index (χ4v) is 4.67. The molecule has 1 saturated heterocycles. The highest BCUT2D eigenvalue weighted by molar-refractivity contribution is 5.89. The van der Waals surface area contributed by atoms with Crippen molar-refractivity contribution in [3.05, 3.63) is 59.7 Å². The largest absolute Gasteiger partial charge is 0.497 e. The molecule has 2 aromatic rings. The van der Waals surface area contributed by atoms with Crippen molar-refractivity contribution in [1.82, 2.24) is 10.2 Å². The Balaban J connectivity index is 1.42. The third kappa shape index (κ3) is 5.44. The minimum absolute atomic E-state index is 0.0160. The molecule has 188 valence electrons. The highest BCUT2D eigenvalue weighted by atomic mass is 16.5. The minimum Gasteiger partial charge on any atom is -0.497 e. The van der Waals surface area contributed by atoms with Gasteiger partial charge in [-0.2, -0.15) is 0 Å². The second kappa shape index (κ2) is 10.7. The number of nitrogens with one attached hydrogen (secondary N) is 1. The number of carbonyl (C=O) groups excluding carboxylic acids is 2. The van der Waals surface area contributed by atoms with Crippen molar-refractivity contribution < 1.29 is 28.5 Å². The molecule has 1 aliphatic heterocycles. The molecule has 8 nitrogen and oxygen atoms in total. The molecule has 1 aliphatic carbocycles. The van der Waals surface area contributed by atoms with Crippen LogP contribution in [0.15, 0.2) is 48.5 Å². The van der Waals surface area contributed by atoms with E-state index in [-0.39, 0.29) is 11.9 Å². The number of amides is 1. The van der Waals surface area contributed by atoms with E-state index in [0.717, 1.165) is 29.9 Å². The zero-order valence-corrected chi connectivity index (χ0v) is 20.7. The van der Waals surface area contributed by atoms with Crippen LogP contribution in [0, 0.1) is 0 Å². The zero-order chi connectivity index (χ0) is 24.9. The van der Waals surface area contributed by atoms with Crippen molar-refractivity contribution in [2.45, 2.75) is 36.8 Å². The molecular formula is C27H34N2O6. The molecule has 0 atom stereocenters. The summed E-state index contributed by atoms with van der Waals surface area (Å²) in [6.07, 6.45) is 2.98. The molecule has 4 rings (SSSR count). The fourth-order valence-electron chi connectivity index (χ4n) is 4.67. The van der Waals surface area contributed by atoms with E-state index >= 15 is 0 Å². The summed E-state index contributed by atoms with van der Waals surface area (Å²) in [5, 5.41) is 3.35. The summed E-state index contributed by atoms with van der Waals surface area (Å²) >= 11 is 0. The maximum absolute atomic E-state index is 13.8. The van der Waals surface area contributed by atoms with Gasteiger partial charge in [-0.25, -0.2) is 4.79 Å². The van der Waals surface area contributed by atoms with Crippen LogP contribution in [0.1, 0.15) is 41.6 Å². The average Bonchev–Trinajstić information content (AvgIpc) is 3.69. The standard InChI is InChI=1S/C27H34N2O6/c1-29(16-19-35-23-10-8-22(32-2)9-11-23)27(14-17-34-18-15-27)25(31)28-26(12-13-26)21-6-4-20(5-7-21)24(30)33-3/h4-11H,12-19H2,1-3H3,(H,28,31). The van der Waals surface area contributed by atoms with Gasteiger partial charge in [-0.05, 0) is 74.7 Å². The summed E-state index contributed by atoms with van der Waals surface area (Å²) in [6.45, 7) is 2.13. The van der Waals surface area contributed by atoms with E-state index in [1.165, 1.54) is 7.11 Å². The number of carbonyl (C=O) groups is 2. The predicted molar refractivity (Wildman–Crippen MR) is 131 cm³/mol. The molecule has 0 aromatic heterocycles. The number of esters is 1. The molecule has 1 N–H and O–H groups in total. The zero-order valence-electron chi connectivity index (χ0n) is 20.7. The van der Waals surface area contributed by atoms with E-state index in [9.17, 15) is 9.59 Å². The third-order valence-corrected chi connectivity index (χ3v) is 7.19. The lowest BCUT2D eigenvalue weighted by Crippen LogP contribution is -2.62. The summed E-state index contributed by atoms with van der Waals surface area (Å²) in [5.74, 6) is 1.19. The predicted octanol–water partition coefficient (Wildman–Crippen LogP) is 3.15. The lowest BCUT2D eigenvalue weighted by molar-refractivity contribution is -0.140. The Hall–Kier alpha value is -3.10. The van der Waals surface area contributed by atoms with Crippen LogP contribution in [-0.2, 0) is 19.8 Å². The second-order valence-electron chi connectivity index (χ2n) is 9.19. The molecule has 0 bridgehead atoms. The van der Waals surface area contributed by atoms with Gasteiger partial charge in [0, 0.05) is 19.8 Å². The number of hydrogen-bond donors (Lipinski definition) is 1. The molecular weight excluding hydrogens is 448 g/mol. The van der Waals surface area contributed by atoms with Crippen molar-refractivity contribution in [2.75, 3.05) is 47.6 Å². The molecule has 2 aromatic carbocycles. The summed E-state index contributed by atoms with van der Waals surface area (Å²) in [4.78, 5) is 27.7. The summed E-state index contributed by atoms with van der Waals surface area (Å²) < 4.78 is 21.5. The second-order valence-corrected chi connectivity index (χ2v) is 9.19. The first-order valence-corrected chi connectivity index (χ1v) is 12.0. The van der Waals surface area contributed by atoms with Crippen molar-refractivity contribution in [2.24, 2.45) is 0 Å². The van der Waals surface area contributed by atoms with E-state index in [2.05, 4.69) is 10.2 Å². The van der Waals surface area contributed by atoms with Crippen molar-refractivity contribution in [1.29, 1.82) is 0 Å². The Kier molecular flexibility index (Phi) is 7.62. The van der Waals surface area contributed by atoms with Crippen molar-refractivity contribution in [3.8, 4) is 11.5 Å². The van der Waals surface area contributed by atoms with Gasteiger partial charge in [-0.15, -0.1) is 0 Å². The molecule has 2 fully saturated rings. The number of likely N-dealkylation sites (N-methyl/N-ethyl adjacent to an activating group) is 1. The van der Waals surface area contributed by atoms with E-state index in [0.29, 0.717) is 44.8 Å². The van der Waals surface area contributed by atoms with E-state index in [4.69, 9.17) is 18.9 Å². The number of rotatable bonds is 10. The van der Waals surface area contributed by atoms with Crippen LogP contribution in [-0.4, -0.2) is 69.9 Å². The first-order valence-electron chi connectivity index (χ1n) is 12.0. The SMILES string of the molecule is COC(=O)c1ccc(C2(NC(=O)C3(N(C)CCOc4ccc(OC)cc4)CCOCC3)CC2)cc1. The van der Waals surface area contributed by atoms with Gasteiger partial charge in [0.25, 0.3) is 0 Å². The average molecular weight is 483 g/mol. The molecule has 1 saturated carbocycles. The maximum Gasteiger partial charge on any atom is 0.337 e.